The van der Waals surface area contributed by atoms with E-state index in [-0.39, 0.29) is 0 Å². The predicted octanol–water partition coefficient (Wildman–Crippen LogP) is 0.560. The molecule has 1 rings (SSSR count). The molecule has 0 bridgehead atoms. The van der Waals surface area contributed by atoms with Crippen LogP contribution in [0.5, 0.6) is 0 Å². The number of rotatable bonds is 2. The normalized spacial score (nSPS) is 23.3. The Morgan fingerprint density at radius 2 is 2.33 bits per heavy atom. The summed E-state index contributed by atoms with van der Waals surface area (Å²) in [4.78, 5) is 21.7. The Kier molecular flexibility index (Phi) is 2.90. The van der Waals surface area contributed by atoms with Gasteiger partial charge in [0.1, 0.15) is 0 Å². The number of hydrogen-bond acceptors (Lipinski definition) is 3. The van der Waals surface area contributed by atoms with E-state index in [1.54, 1.807) is 6.41 Å². The number of hydrogen-bond donors (Lipinski definition) is 1. The van der Waals surface area contributed by atoms with E-state index >= 15 is 0 Å². The molecule has 1 saturated heterocycles. The summed E-state index contributed by atoms with van der Waals surface area (Å²) >= 11 is 0. The maximum Gasteiger partial charge on any atom is 0.507 e. The van der Waals surface area contributed by atoms with Gasteiger partial charge >= 0.3 is 12.6 Å². The Balaban J connectivity index is 2.46. The number of nitrogens with zero attached hydrogens (tertiary/aromatic N) is 1. The number of carbonyl (C=O) groups is 1. The van der Waals surface area contributed by atoms with Crippen LogP contribution >= 0.6 is 0 Å². The number of likely N-dealkylation sites (tertiary alicyclic amines) is 1. The van der Waals surface area contributed by atoms with Crippen molar-refractivity contribution < 1.29 is 19.4 Å². The Bertz CT molecular complexity index is 182. The molecule has 1 unspecified atom stereocenters. The standard InChI is InChI=1S/C7H10NO4/c9-5-8-4-2-1-3-6(8)12-7(10)11/h6H,1-4H2,(H,10,11). The highest BCUT2D eigenvalue weighted by Gasteiger charge is 2.24. The van der Waals surface area contributed by atoms with Crippen molar-refractivity contribution in [1.29, 1.82) is 0 Å². The molecule has 5 nitrogen and oxygen atoms in total. The van der Waals surface area contributed by atoms with Crippen molar-refractivity contribution >= 4 is 12.6 Å². The highest BCUT2D eigenvalue weighted by molar-refractivity contribution is 5.58. The summed E-state index contributed by atoms with van der Waals surface area (Å²) in [6.45, 7) is 0.529. The zero-order valence-corrected chi connectivity index (χ0v) is 6.52. The third kappa shape index (κ3) is 2.11. The molecule has 0 aromatic rings. The molecule has 5 heteroatoms. The van der Waals surface area contributed by atoms with Crippen molar-refractivity contribution in [1.82, 2.24) is 4.90 Å². The van der Waals surface area contributed by atoms with E-state index in [1.807, 2.05) is 0 Å². The van der Waals surface area contributed by atoms with E-state index in [2.05, 4.69) is 4.74 Å². The van der Waals surface area contributed by atoms with Crippen LogP contribution in [0.3, 0.4) is 0 Å². The first kappa shape index (κ1) is 8.83. The number of amides is 1. The molecule has 1 atom stereocenters. The fourth-order valence-electron chi connectivity index (χ4n) is 1.24. The van der Waals surface area contributed by atoms with Crippen LogP contribution < -0.4 is 0 Å². The first-order valence-corrected chi connectivity index (χ1v) is 3.78. The van der Waals surface area contributed by atoms with Gasteiger partial charge in [-0.1, -0.05) is 0 Å². The van der Waals surface area contributed by atoms with Crippen LogP contribution in [0.2, 0.25) is 0 Å². The predicted molar refractivity (Wildman–Crippen MR) is 39.1 cm³/mol. The highest BCUT2D eigenvalue weighted by atomic mass is 16.7. The molecule has 1 amide bonds. The number of ether oxygens (including phenoxy) is 1. The summed E-state index contributed by atoms with van der Waals surface area (Å²) in [7, 11) is 0. The Morgan fingerprint density at radius 3 is 2.92 bits per heavy atom. The fraction of sp³-hybridized carbons (Fsp3) is 0.714. The first-order chi connectivity index (χ1) is 5.74. The van der Waals surface area contributed by atoms with E-state index in [0.717, 1.165) is 12.8 Å². The number of piperidine rings is 1. The molecule has 0 spiro atoms. The molecular weight excluding hydrogens is 162 g/mol. The number of carbonyl (C=O) groups excluding carboxylic acids is 1. The average molecular weight is 172 g/mol. The summed E-state index contributed by atoms with van der Waals surface area (Å²) in [5.74, 6) is 0. The molecule has 1 heterocycles. The highest BCUT2D eigenvalue weighted by Crippen LogP contribution is 2.15. The topological polar surface area (TPSA) is 66.8 Å². The van der Waals surface area contributed by atoms with E-state index in [9.17, 15) is 9.59 Å². The van der Waals surface area contributed by atoms with Crippen molar-refractivity contribution in [3.05, 3.63) is 0 Å². The minimum Gasteiger partial charge on any atom is -0.450 e. The average Bonchev–Trinajstić information content (AvgIpc) is 2.04. The second kappa shape index (κ2) is 3.94. The van der Waals surface area contributed by atoms with Crippen molar-refractivity contribution in [3.63, 3.8) is 0 Å². The van der Waals surface area contributed by atoms with Gasteiger partial charge in [-0.15, -0.1) is 0 Å². The second-order valence-corrected chi connectivity index (χ2v) is 2.62. The first-order valence-electron chi connectivity index (χ1n) is 3.78. The molecule has 67 valence electrons. The lowest BCUT2D eigenvalue weighted by atomic mass is 10.1. The molecule has 1 aliphatic rings. The van der Waals surface area contributed by atoms with Gasteiger partial charge in [-0.25, -0.2) is 4.79 Å². The van der Waals surface area contributed by atoms with Crippen molar-refractivity contribution in [2.45, 2.75) is 25.5 Å². The van der Waals surface area contributed by atoms with Gasteiger partial charge in [-0.2, -0.15) is 0 Å². The van der Waals surface area contributed by atoms with Crippen LogP contribution in [-0.2, 0) is 9.53 Å². The van der Waals surface area contributed by atoms with Crippen LogP contribution in [0.25, 0.3) is 0 Å². The van der Waals surface area contributed by atoms with E-state index in [4.69, 9.17) is 5.11 Å². The van der Waals surface area contributed by atoms with E-state index < -0.39 is 12.4 Å². The quantitative estimate of drug-likeness (QED) is 0.618. The third-order valence-corrected chi connectivity index (χ3v) is 1.80. The van der Waals surface area contributed by atoms with Gasteiger partial charge in [0, 0.05) is 13.0 Å². The Labute approximate surface area is 69.9 Å². The van der Waals surface area contributed by atoms with Crippen LogP contribution in [0.4, 0.5) is 4.79 Å². The minimum absolute atomic E-state index is 0.529. The minimum atomic E-state index is -1.35. The fourth-order valence-corrected chi connectivity index (χ4v) is 1.24. The van der Waals surface area contributed by atoms with E-state index in [1.165, 1.54) is 4.90 Å². The van der Waals surface area contributed by atoms with Gasteiger partial charge in [0.15, 0.2) is 6.23 Å². The summed E-state index contributed by atoms with van der Waals surface area (Å²) < 4.78 is 4.47. The van der Waals surface area contributed by atoms with Gasteiger partial charge in [-0.05, 0) is 12.8 Å². The van der Waals surface area contributed by atoms with Gasteiger partial charge in [-0.3, -0.25) is 9.69 Å². The molecule has 1 N–H and O–H groups in total. The number of carboxylic acid groups (broad SMARTS) is 1. The molecule has 12 heavy (non-hydrogen) atoms. The van der Waals surface area contributed by atoms with Crippen LogP contribution in [0, 0.1) is 0 Å². The zero-order valence-electron chi connectivity index (χ0n) is 6.52. The Morgan fingerprint density at radius 1 is 1.58 bits per heavy atom. The van der Waals surface area contributed by atoms with Crippen LogP contribution in [0.15, 0.2) is 0 Å². The summed E-state index contributed by atoms with van der Waals surface area (Å²) in [6.07, 6.45) is 2.02. The van der Waals surface area contributed by atoms with Gasteiger partial charge < -0.3 is 9.84 Å². The molecule has 1 fully saturated rings. The lowest BCUT2D eigenvalue weighted by Gasteiger charge is -2.29. The summed E-state index contributed by atoms with van der Waals surface area (Å²) in [5, 5.41) is 8.30. The van der Waals surface area contributed by atoms with Crippen molar-refractivity contribution in [2.75, 3.05) is 6.54 Å². The SMILES string of the molecule is O=[C]N1CCCCC1OC(=O)O. The monoisotopic (exact) mass is 172 g/mol. The smallest absolute Gasteiger partial charge is 0.450 e. The third-order valence-electron chi connectivity index (χ3n) is 1.80. The van der Waals surface area contributed by atoms with Gasteiger partial charge in [0.05, 0.1) is 0 Å². The van der Waals surface area contributed by atoms with Crippen LogP contribution in [0.1, 0.15) is 19.3 Å². The molecule has 0 saturated carbocycles. The molecular formula is C7H10NO4. The van der Waals surface area contributed by atoms with E-state index in [0.29, 0.717) is 13.0 Å². The van der Waals surface area contributed by atoms with Gasteiger partial charge in [0.2, 0.25) is 0 Å². The van der Waals surface area contributed by atoms with Crippen LogP contribution in [-0.4, -0.2) is 35.3 Å². The lowest BCUT2D eigenvalue weighted by molar-refractivity contribution is -0.0236. The second-order valence-electron chi connectivity index (χ2n) is 2.62. The Hall–Kier alpha value is -1.26. The molecule has 1 aliphatic heterocycles. The lowest BCUT2D eigenvalue weighted by Crippen LogP contribution is -2.41. The van der Waals surface area contributed by atoms with Gasteiger partial charge in [0.25, 0.3) is 0 Å². The molecule has 0 aromatic carbocycles. The largest absolute Gasteiger partial charge is 0.507 e. The summed E-state index contributed by atoms with van der Waals surface area (Å²) in [5.41, 5.74) is 0. The maximum absolute atomic E-state index is 10.3. The van der Waals surface area contributed by atoms with Crippen molar-refractivity contribution in [3.8, 4) is 0 Å². The zero-order chi connectivity index (χ0) is 8.97. The molecule has 0 aliphatic carbocycles. The van der Waals surface area contributed by atoms with Crippen molar-refractivity contribution in [2.24, 2.45) is 0 Å². The molecule has 0 aromatic heterocycles. The maximum atomic E-state index is 10.3. The molecule has 1 radical (unpaired) electrons. The summed E-state index contributed by atoms with van der Waals surface area (Å²) in [6, 6.07) is 0.